The van der Waals surface area contributed by atoms with Crippen LogP contribution in [-0.2, 0) is 11.3 Å². The Morgan fingerprint density at radius 1 is 1.39 bits per heavy atom. The minimum Gasteiger partial charge on any atom is -0.477 e. The molecule has 18 heavy (non-hydrogen) atoms. The van der Waals surface area contributed by atoms with E-state index < -0.39 is 11.5 Å². The summed E-state index contributed by atoms with van der Waals surface area (Å²) in [5.74, 6) is -1.42. The Kier molecular flexibility index (Phi) is 4.65. The molecule has 0 aromatic carbocycles. The number of nitrogens with one attached hydrogen (secondary N) is 1. The minimum absolute atomic E-state index is 0.150. The van der Waals surface area contributed by atoms with Crippen LogP contribution >= 0.6 is 0 Å². The van der Waals surface area contributed by atoms with Crippen molar-refractivity contribution in [2.45, 2.75) is 26.8 Å². The van der Waals surface area contributed by atoms with Gasteiger partial charge in [-0.05, 0) is 26.0 Å². The zero-order valence-electron chi connectivity index (χ0n) is 10.4. The topological polar surface area (TPSA) is 88.4 Å². The summed E-state index contributed by atoms with van der Waals surface area (Å²) in [6.07, 6.45) is 0.150. The van der Waals surface area contributed by atoms with Crippen LogP contribution in [0.15, 0.2) is 16.9 Å². The molecule has 1 aromatic rings. The van der Waals surface area contributed by atoms with Crippen LogP contribution in [0.3, 0.4) is 0 Å². The van der Waals surface area contributed by atoms with Crippen LogP contribution in [0, 0.1) is 6.92 Å². The number of carboxylic acids is 1. The van der Waals surface area contributed by atoms with Gasteiger partial charge in [-0.25, -0.2) is 4.79 Å². The summed E-state index contributed by atoms with van der Waals surface area (Å²) >= 11 is 0. The molecule has 0 fully saturated rings. The van der Waals surface area contributed by atoms with E-state index in [-0.39, 0.29) is 24.4 Å². The monoisotopic (exact) mass is 252 g/mol. The summed E-state index contributed by atoms with van der Waals surface area (Å²) in [6.45, 7) is 4.21. The Bertz CT molecular complexity index is 519. The molecular formula is C12H16N2O4. The van der Waals surface area contributed by atoms with Crippen LogP contribution in [0.5, 0.6) is 0 Å². The molecule has 0 bridgehead atoms. The van der Waals surface area contributed by atoms with Crippen molar-refractivity contribution in [3.63, 3.8) is 0 Å². The quantitative estimate of drug-likeness (QED) is 0.793. The van der Waals surface area contributed by atoms with E-state index in [0.717, 1.165) is 0 Å². The van der Waals surface area contributed by atoms with Gasteiger partial charge in [-0.15, -0.1) is 0 Å². The second kappa shape index (κ2) is 6.00. The van der Waals surface area contributed by atoms with Gasteiger partial charge < -0.3 is 15.0 Å². The third-order valence-electron chi connectivity index (χ3n) is 2.56. The second-order valence-electron chi connectivity index (χ2n) is 3.85. The molecule has 0 atom stereocenters. The van der Waals surface area contributed by atoms with E-state index in [1.54, 1.807) is 19.9 Å². The van der Waals surface area contributed by atoms with Gasteiger partial charge in [0, 0.05) is 25.2 Å². The average molecular weight is 252 g/mol. The van der Waals surface area contributed by atoms with Crippen LogP contribution in [0.2, 0.25) is 0 Å². The fraction of sp³-hybridized carbons (Fsp3) is 0.417. The van der Waals surface area contributed by atoms with Crippen molar-refractivity contribution < 1.29 is 14.7 Å². The van der Waals surface area contributed by atoms with Crippen LogP contribution in [0.25, 0.3) is 0 Å². The zero-order valence-corrected chi connectivity index (χ0v) is 10.4. The van der Waals surface area contributed by atoms with Crippen molar-refractivity contribution in [1.29, 1.82) is 0 Å². The first kappa shape index (κ1) is 14.0. The number of aromatic carboxylic acids is 1. The predicted molar refractivity (Wildman–Crippen MR) is 65.7 cm³/mol. The van der Waals surface area contributed by atoms with Gasteiger partial charge in [0.1, 0.15) is 5.56 Å². The van der Waals surface area contributed by atoms with Crippen molar-refractivity contribution in [2.75, 3.05) is 6.54 Å². The molecule has 1 rings (SSSR count). The van der Waals surface area contributed by atoms with Gasteiger partial charge in [-0.3, -0.25) is 9.59 Å². The third-order valence-corrected chi connectivity index (χ3v) is 2.56. The first-order chi connectivity index (χ1) is 8.47. The van der Waals surface area contributed by atoms with Crippen molar-refractivity contribution in [3.05, 3.63) is 33.7 Å². The minimum atomic E-state index is -1.26. The lowest BCUT2D eigenvalue weighted by atomic mass is 10.2. The summed E-state index contributed by atoms with van der Waals surface area (Å²) in [7, 11) is 0. The molecule has 0 unspecified atom stereocenters. The zero-order chi connectivity index (χ0) is 13.7. The number of carbonyl (C=O) groups excluding carboxylic acids is 1. The first-order valence-electron chi connectivity index (χ1n) is 5.67. The van der Waals surface area contributed by atoms with Gasteiger partial charge in [0.15, 0.2) is 0 Å². The molecule has 6 nitrogen and oxygen atoms in total. The number of amides is 1. The van der Waals surface area contributed by atoms with E-state index in [2.05, 4.69) is 5.32 Å². The Hall–Kier alpha value is -2.11. The van der Waals surface area contributed by atoms with Gasteiger partial charge in [0.05, 0.1) is 0 Å². The van der Waals surface area contributed by atoms with E-state index in [1.807, 2.05) is 0 Å². The molecule has 1 aromatic heterocycles. The molecular weight excluding hydrogens is 236 g/mol. The number of aromatic nitrogens is 1. The lowest BCUT2D eigenvalue weighted by molar-refractivity contribution is -0.121. The average Bonchev–Trinajstić information content (AvgIpc) is 2.28. The number of pyridine rings is 1. The predicted octanol–water partition coefficient (Wildman–Crippen LogP) is 0.381. The number of carbonyl (C=O) groups is 2. The fourth-order valence-electron chi connectivity index (χ4n) is 1.61. The molecule has 0 saturated carbocycles. The highest BCUT2D eigenvalue weighted by atomic mass is 16.4. The maximum Gasteiger partial charge on any atom is 0.341 e. The number of aryl methyl sites for hydroxylation is 1. The van der Waals surface area contributed by atoms with E-state index in [9.17, 15) is 14.4 Å². The molecule has 2 N–H and O–H groups in total. The van der Waals surface area contributed by atoms with Gasteiger partial charge in [-0.1, -0.05) is 0 Å². The highest BCUT2D eigenvalue weighted by Crippen LogP contribution is 2.00. The molecule has 1 amide bonds. The molecule has 0 aliphatic heterocycles. The van der Waals surface area contributed by atoms with Gasteiger partial charge in [0.25, 0.3) is 5.56 Å². The highest BCUT2D eigenvalue weighted by Gasteiger charge is 2.12. The molecule has 98 valence electrons. The van der Waals surface area contributed by atoms with Crippen LogP contribution in [0.1, 0.15) is 29.4 Å². The molecule has 1 heterocycles. The summed E-state index contributed by atoms with van der Waals surface area (Å²) in [4.78, 5) is 34.0. The summed E-state index contributed by atoms with van der Waals surface area (Å²) < 4.78 is 1.30. The Morgan fingerprint density at radius 3 is 2.61 bits per heavy atom. The molecule has 0 aliphatic carbocycles. The SMILES string of the molecule is CCNC(=O)CCn1c(C)ccc(C(=O)O)c1=O. The molecule has 0 aliphatic rings. The summed E-state index contributed by atoms with van der Waals surface area (Å²) in [5.41, 5.74) is -0.224. The summed E-state index contributed by atoms with van der Waals surface area (Å²) in [6, 6.07) is 2.84. The van der Waals surface area contributed by atoms with Crippen molar-refractivity contribution in [2.24, 2.45) is 0 Å². The van der Waals surface area contributed by atoms with E-state index in [1.165, 1.54) is 10.6 Å². The molecule has 0 saturated heterocycles. The first-order valence-corrected chi connectivity index (χ1v) is 5.67. The van der Waals surface area contributed by atoms with Crippen LogP contribution < -0.4 is 10.9 Å². The lowest BCUT2D eigenvalue weighted by Crippen LogP contribution is -2.30. The Morgan fingerprint density at radius 2 is 2.06 bits per heavy atom. The smallest absolute Gasteiger partial charge is 0.341 e. The van der Waals surface area contributed by atoms with Crippen molar-refractivity contribution in [3.8, 4) is 0 Å². The van der Waals surface area contributed by atoms with E-state index in [0.29, 0.717) is 12.2 Å². The van der Waals surface area contributed by atoms with Crippen molar-refractivity contribution in [1.82, 2.24) is 9.88 Å². The number of hydrogen-bond donors (Lipinski definition) is 2. The largest absolute Gasteiger partial charge is 0.477 e. The van der Waals surface area contributed by atoms with E-state index >= 15 is 0 Å². The van der Waals surface area contributed by atoms with Gasteiger partial charge in [-0.2, -0.15) is 0 Å². The van der Waals surface area contributed by atoms with Crippen LogP contribution in [-0.4, -0.2) is 28.1 Å². The Balaban J connectivity index is 2.95. The van der Waals surface area contributed by atoms with E-state index in [4.69, 9.17) is 5.11 Å². The third kappa shape index (κ3) is 3.19. The maximum atomic E-state index is 11.9. The summed E-state index contributed by atoms with van der Waals surface area (Å²) in [5, 5.41) is 11.5. The Labute approximate surface area is 104 Å². The standard InChI is InChI=1S/C12H16N2O4/c1-3-13-10(15)6-7-14-8(2)4-5-9(11(14)16)12(17)18/h4-5H,3,6-7H2,1-2H3,(H,13,15)(H,17,18). The molecule has 0 spiro atoms. The fourth-order valence-corrected chi connectivity index (χ4v) is 1.61. The highest BCUT2D eigenvalue weighted by molar-refractivity contribution is 5.87. The van der Waals surface area contributed by atoms with Crippen LogP contribution in [0.4, 0.5) is 0 Å². The van der Waals surface area contributed by atoms with Gasteiger partial charge in [0.2, 0.25) is 5.91 Å². The maximum absolute atomic E-state index is 11.9. The number of carboxylic acid groups (broad SMARTS) is 1. The van der Waals surface area contributed by atoms with Crippen molar-refractivity contribution >= 4 is 11.9 Å². The number of nitrogens with zero attached hydrogens (tertiary/aromatic N) is 1. The number of hydrogen-bond acceptors (Lipinski definition) is 3. The second-order valence-corrected chi connectivity index (χ2v) is 3.85. The molecule has 0 radical (unpaired) electrons. The van der Waals surface area contributed by atoms with Gasteiger partial charge >= 0.3 is 5.97 Å². The molecule has 6 heteroatoms. The normalized spacial score (nSPS) is 10.1. The number of rotatable bonds is 5. The lowest BCUT2D eigenvalue weighted by Gasteiger charge is -2.10.